The molecule has 0 saturated carbocycles. The predicted molar refractivity (Wildman–Crippen MR) is 118 cm³/mol. The molecule has 4 aromatic rings. The van der Waals surface area contributed by atoms with Crippen molar-refractivity contribution in [2.24, 2.45) is 0 Å². The van der Waals surface area contributed by atoms with Crippen LogP contribution in [-0.2, 0) is 0 Å². The molecule has 0 aliphatic heterocycles. The summed E-state index contributed by atoms with van der Waals surface area (Å²) < 4.78 is 6.04. The lowest BCUT2D eigenvalue weighted by Crippen LogP contribution is -2.14. The highest BCUT2D eigenvalue weighted by Crippen LogP contribution is 2.31. The number of anilines is 4. The molecule has 0 saturated heterocycles. The molecule has 1 N–H and O–H groups in total. The summed E-state index contributed by atoms with van der Waals surface area (Å²) in [5, 5.41) is 3.38. The number of ether oxygens (including phenoxy) is 1. The number of nitrogens with zero attached hydrogens (tertiary/aromatic N) is 3. The highest BCUT2D eigenvalue weighted by molar-refractivity contribution is 5.66. The first kappa shape index (κ1) is 18.5. The Morgan fingerprint density at radius 2 is 1.45 bits per heavy atom. The average Bonchev–Trinajstić information content (AvgIpc) is 2.75. The van der Waals surface area contributed by atoms with Gasteiger partial charge in [0.25, 0.3) is 0 Å². The molecule has 0 amide bonds. The number of hydrogen-bond acceptors (Lipinski definition) is 5. The van der Waals surface area contributed by atoms with E-state index in [0.717, 1.165) is 28.6 Å². The van der Waals surface area contributed by atoms with Gasteiger partial charge in [-0.1, -0.05) is 48.5 Å². The van der Waals surface area contributed by atoms with E-state index >= 15 is 0 Å². The van der Waals surface area contributed by atoms with Gasteiger partial charge in [-0.25, -0.2) is 4.98 Å². The van der Waals surface area contributed by atoms with Crippen molar-refractivity contribution in [2.75, 3.05) is 17.3 Å². The molecular formula is C24H22N4O. The van der Waals surface area contributed by atoms with Crippen molar-refractivity contribution in [2.45, 2.75) is 6.92 Å². The first-order valence-electron chi connectivity index (χ1n) is 9.42. The van der Waals surface area contributed by atoms with Crippen LogP contribution in [0.25, 0.3) is 0 Å². The van der Waals surface area contributed by atoms with Crippen LogP contribution in [0.1, 0.15) is 5.69 Å². The summed E-state index contributed by atoms with van der Waals surface area (Å²) in [6, 6.07) is 29.5. The van der Waals surface area contributed by atoms with Gasteiger partial charge in [-0.05, 0) is 43.3 Å². The highest BCUT2D eigenvalue weighted by atomic mass is 16.5. The van der Waals surface area contributed by atoms with Crippen molar-refractivity contribution in [3.8, 4) is 11.5 Å². The lowest BCUT2D eigenvalue weighted by atomic mass is 10.2. The fourth-order valence-corrected chi connectivity index (χ4v) is 2.95. The van der Waals surface area contributed by atoms with Gasteiger partial charge < -0.3 is 15.0 Å². The quantitative estimate of drug-likeness (QED) is 0.437. The van der Waals surface area contributed by atoms with Crippen LogP contribution in [0.4, 0.5) is 23.1 Å². The monoisotopic (exact) mass is 382 g/mol. The Bertz CT molecular complexity index is 1080. The average molecular weight is 382 g/mol. The third-order valence-corrected chi connectivity index (χ3v) is 4.41. The lowest BCUT2D eigenvalue weighted by molar-refractivity contribution is 0.485. The molecule has 144 valence electrons. The van der Waals surface area contributed by atoms with Gasteiger partial charge in [-0.15, -0.1) is 0 Å². The van der Waals surface area contributed by atoms with Crippen LogP contribution in [0, 0.1) is 6.92 Å². The number of rotatable bonds is 6. The smallest absolute Gasteiger partial charge is 0.231 e. The molecule has 5 nitrogen and oxygen atoms in total. The maximum atomic E-state index is 6.04. The Morgan fingerprint density at radius 1 is 0.793 bits per heavy atom. The summed E-state index contributed by atoms with van der Waals surface area (Å²) in [4.78, 5) is 11.2. The molecule has 0 atom stereocenters. The SMILES string of the molecule is Cc1cc(Nc2ccccc2Oc2ccccc2)nc(N(C)c2ccccc2)n1. The summed E-state index contributed by atoms with van der Waals surface area (Å²) >= 11 is 0. The van der Waals surface area contributed by atoms with Crippen molar-refractivity contribution < 1.29 is 4.74 Å². The largest absolute Gasteiger partial charge is 0.455 e. The molecule has 0 spiro atoms. The van der Waals surface area contributed by atoms with Crippen LogP contribution in [0.5, 0.6) is 11.5 Å². The van der Waals surface area contributed by atoms with Crippen molar-refractivity contribution in [1.82, 2.24) is 9.97 Å². The van der Waals surface area contributed by atoms with Crippen molar-refractivity contribution in [3.63, 3.8) is 0 Å². The summed E-state index contributed by atoms with van der Waals surface area (Å²) in [6.07, 6.45) is 0. The van der Waals surface area contributed by atoms with E-state index < -0.39 is 0 Å². The molecule has 0 unspecified atom stereocenters. The second-order valence-electron chi connectivity index (χ2n) is 6.63. The van der Waals surface area contributed by atoms with Crippen LogP contribution < -0.4 is 15.0 Å². The molecular weight excluding hydrogens is 360 g/mol. The van der Waals surface area contributed by atoms with E-state index in [1.54, 1.807) is 0 Å². The van der Waals surface area contributed by atoms with Crippen molar-refractivity contribution >= 4 is 23.1 Å². The topological polar surface area (TPSA) is 50.3 Å². The zero-order chi connectivity index (χ0) is 20.1. The van der Waals surface area contributed by atoms with E-state index in [2.05, 4.69) is 10.3 Å². The molecule has 4 rings (SSSR count). The van der Waals surface area contributed by atoms with Crippen LogP contribution >= 0.6 is 0 Å². The van der Waals surface area contributed by atoms with E-state index in [0.29, 0.717) is 11.8 Å². The zero-order valence-corrected chi connectivity index (χ0v) is 16.4. The minimum atomic E-state index is 0.625. The number of aryl methyl sites for hydroxylation is 1. The van der Waals surface area contributed by atoms with E-state index in [1.807, 2.05) is 110 Å². The maximum absolute atomic E-state index is 6.04. The Balaban J connectivity index is 1.61. The van der Waals surface area contributed by atoms with E-state index in [-0.39, 0.29) is 0 Å². The van der Waals surface area contributed by atoms with Gasteiger partial charge in [0.05, 0.1) is 5.69 Å². The Kier molecular flexibility index (Phi) is 5.38. The standard InChI is InChI=1S/C24H22N4O/c1-18-17-23(27-24(25-18)28(2)19-11-5-3-6-12-19)26-21-15-9-10-16-22(21)29-20-13-7-4-8-14-20/h3-17H,1-2H3,(H,25,26,27). The van der Waals surface area contributed by atoms with Gasteiger partial charge in [-0.2, -0.15) is 4.98 Å². The van der Waals surface area contributed by atoms with Crippen LogP contribution in [0.15, 0.2) is 91.0 Å². The molecule has 0 aliphatic carbocycles. The fourth-order valence-electron chi connectivity index (χ4n) is 2.95. The van der Waals surface area contributed by atoms with E-state index in [4.69, 9.17) is 9.72 Å². The highest BCUT2D eigenvalue weighted by Gasteiger charge is 2.11. The van der Waals surface area contributed by atoms with Crippen LogP contribution in [-0.4, -0.2) is 17.0 Å². The Hall–Kier alpha value is -3.86. The van der Waals surface area contributed by atoms with E-state index in [9.17, 15) is 0 Å². The van der Waals surface area contributed by atoms with Crippen molar-refractivity contribution in [3.05, 3.63) is 96.7 Å². The van der Waals surface area contributed by atoms with Crippen LogP contribution in [0.3, 0.4) is 0 Å². The minimum absolute atomic E-state index is 0.625. The van der Waals surface area contributed by atoms with Gasteiger partial charge in [0.2, 0.25) is 5.95 Å². The van der Waals surface area contributed by atoms with Crippen molar-refractivity contribution in [1.29, 1.82) is 0 Å². The first-order valence-corrected chi connectivity index (χ1v) is 9.42. The van der Waals surface area contributed by atoms with Gasteiger partial charge in [-0.3, -0.25) is 0 Å². The summed E-state index contributed by atoms with van der Waals surface area (Å²) in [6.45, 7) is 1.96. The molecule has 29 heavy (non-hydrogen) atoms. The second-order valence-corrected chi connectivity index (χ2v) is 6.63. The second kappa shape index (κ2) is 8.44. The molecule has 1 aromatic heterocycles. The molecule has 5 heteroatoms. The van der Waals surface area contributed by atoms with Gasteiger partial charge in [0.1, 0.15) is 11.6 Å². The molecule has 0 radical (unpaired) electrons. The number of aromatic nitrogens is 2. The number of benzene rings is 3. The number of hydrogen-bond donors (Lipinski definition) is 1. The molecule has 3 aromatic carbocycles. The molecule has 1 heterocycles. The third-order valence-electron chi connectivity index (χ3n) is 4.41. The maximum Gasteiger partial charge on any atom is 0.231 e. The normalized spacial score (nSPS) is 10.4. The minimum Gasteiger partial charge on any atom is -0.455 e. The van der Waals surface area contributed by atoms with Gasteiger partial charge in [0, 0.05) is 24.5 Å². The zero-order valence-electron chi connectivity index (χ0n) is 16.4. The van der Waals surface area contributed by atoms with Gasteiger partial charge >= 0.3 is 0 Å². The fraction of sp³-hybridized carbons (Fsp3) is 0.0833. The molecule has 0 bridgehead atoms. The Morgan fingerprint density at radius 3 is 2.21 bits per heavy atom. The van der Waals surface area contributed by atoms with Gasteiger partial charge in [0.15, 0.2) is 5.75 Å². The lowest BCUT2D eigenvalue weighted by Gasteiger charge is -2.19. The number of para-hydroxylation sites is 4. The third kappa shape index (κ3) is 4.52. The Labute approximate surface area is 170 Å². The first-order chi connectivity index (χ1) is 14.2. The van der Waals surface area contributed by atoms with Crippen LogP contribution in [0.2, 0.25) is 0 Å². The van der Waals surface area contributed by atoms with E-state index in [1.165, 1.54) is 0 Å². The summed E-state index contributed by atoms with van der Waals surface area (Å²) in [5.41, 5.74) is 2.74. The molecule has 0 aliphatic rings. The summed E-state index contributed by atoms with van der Waals surface area (Å²) in [5.74, 6) is 2.84. The predicted octanol–water partition coefficient (Wildman–Crippen LogP) is 6.09. The number of nitrogens with one attached hydrogen (secondary N) is 1. The summed E-state index contributed by atoms with van der Waals surface area (Å²) in [7, 11) is 1.96. The molecule has 0 fully saturated rings.